The van der Waals surface area contributed by atoms with Crippen LogP contribution in [0.5, 0.6) is 0 Å². The van der Waals surface area contributed by atoms with Gasteiger partial charge in [-0.1, -0.05) is 26.0 Å². The molecule has 148 valence electrons. The van der Waals surface area contributed by atoms with E-state index in [0.29, 0.717) is 11.4 Å². The van der Waals surface area contributed by atoms with Gasteiger partial charge in [-0.2, -0.15) is 0 Å². The molecule has 0 bridgehead atoms. The maximum absolute atomic E-state index is 12.7. The van der Waals surface area contributed by atoms with E-state index in [1.807, 2.05) is 38.1 Å². The summed E-state index contributed by atoms with van der Waals surface area (Å²) in [7, 11) is -0.589. The van der Waals surface area contributed by atoms with E-state index in [1.165, 1.54) is 38.4 Å². The van der Waals surface area contributed by atoms with Crippen molar-refractivity contribution < 1.29 is 13.2 Å². The van der Waals surface area contributed by atoms with Crippen molar-refractivity contribution in [3.05, 3.63) is 59.9 Å². The van der Waals surface area contributed by atoms with E-state index in [1.54, 1.807) is 0 Å². The molecular formula is C20H24N4O3S. The molecule has 1 amide bonds. The number of carbonyl (C=O) groups excluding carboxylic acids is 1. The number of imidazole rings is 1. The van der Waals surface area contributed by atoms with Crippen LogP contribution in [0, 0.1) is 5.92 Å². The van der Waals surface area contributed by atoms with Gasteiger partial charge in [-0.15, -0.1) is 0 Å². The lowest BCUT2D eigenvalue weighted by Crippen LogP contribution is -2.32. The fourth-order valence-corrected chi connectivity index (χ4v) is 3.79. The molecule has 28 heavy (non-hydrogen) atoms. The number of nitrogens with one attached hydrogen (secondary N) is 2. The first-order chi connectivity index (χ1) is 13.2. The van der Waals surface area contributed by atoms with Gasteiger partial charge in [0.1, 0.15) is 5.82 Å². The second-order valence-electron chi connectivity index (χ2n) is 7.15. The number of sulfonamides is 1. The van der Waals surface area contributed by atoms with Gasteiger partial charge >= 0.3 is 0 Å². The lowest BCUT2D eigenvalue weighted by atomic mass is 10.0. The minimum absolute atomic E-state index is 0.109. The van der Waals surface area contributed by atoms with Gasteiger partial charge in [0, 0.05) is 19.7 Å². The zero-order valence-corrected chi connectivity index (χ0v) is 17.1. The molecule has 8 heteroatoms. The number of nitrogens with zero attached hydrogens (tertiary/aromatic N) is 2. The summed E-state index contributed by atoms with van der Waals surface area (Å²) < 4.78 is 25.5. The fourth-order valence-electron chi connectivity index (χ4n) is 2.88. The molecule has 7 nitrogen and oxygen atoms in total. The normalized spacial score (nSPS) is 13.2. The van der Waals surface area contributed by atoms with Gasteiger partial charge in [0.25, 0.3) is 5.91 Å². The number of aromatic nitrogens is 2. The predicted molar refractivity (Wildman–Crippen MR) is 108 cm³/mol. The molecule has 1 aromatic heterocycles. The molecule has 0 aliphatic carbocycles. The summed E-state index contributed by atoms with van der Waals surface area (Å²) in [6.45, 7) is 4.01. The smallest absolute Gasteiger partial charge is 0.251 e. The van der Waals surface area contributed by atoms with E-state index >= 15 is 0 Å². The highest BCUT2D eigenvalue weighted by molar-refractivity contribution is 7.89. The molecule has 0 aliphatic heterocycles. The predicted octanol–water partition coefficient (Wildman–Crippen LogP) is 2.94. The van der Waals surface area contributed by atoms with Crippen molar-refractivity contribution in [2.24, 2.45) is 5.92 Å². The van der Waals surface area contributed by atoms with E-state index in [-0.39, 0.29) is 22.8 Å². The maximum Gasteiger partial charge on any atom is 0.251 e. The number of benzene rings is 2. The Kier molecular flexibility index (Phi) is 5.53. The third-order valence-electron chi connectivity index (χ3n) is 4.55. The molecule has 0 unspecified atom stereocenters. The Morgan fingerprint density at radius 1 is 1.07 bits per heavy atom. The first kappa shape index (κ1) is 20.0. The van der Waals surface area contributed by atoms with Crippen LogP contribution in [0.3, 0.4) is 0 Å². The van der Waals surface area contributed by atoms with Gasteiger partial charge in [-0.3, -0.25) is 4.79 Å². The zero-order chi connectivity index (χ0) is 20.5. The van der Waals surface area contributed by atoms with Crippen LogP contribution >= 0.6 is 0 Å². The molecule has 0 saturated carbocycles. The molecule has 1 heterocycles. The molecule has 0 radical (unpaired) electrons. The molecule has 3 aromatic rings. The number of carbonyl (C=O) groups is 1. The molecule has 0 saturated heterocycles. The van der Waals surface area contributed by atoms with Gasteiger partial charge < -0.3 is 10.3 Å². The molecule has 1 atom stereocenters. The van der Waals surface area contributed by atoms with Crippen LogP contribution < -0.4 is 5.32 Å². The van der Waals surface area contributed by atoms with E-state index in [2.05, 4.69) is 15.3 Å². The number of hydrogen-bond donors (Lipinski definition) is 2. The first-order valence-electron chi connectivity index (χ1n) is 8.98. The summed E-state index contributed by atoms with van der Waals surface area (Å²) >= 11 is 0. The van der Waals surface area contributed by atoms with E-state index in [4.69, 9.17) is 0 Å². The van der Waals surface area contributed by atoms with Crippen molar-refractivity contribution in [1.82, 2.24) is 19.6 Å². The SMILES string of the molecule is CC(C)[C@H](NC(=O)c1ccc(S(=O)(=O)N(C)C)cc1)c1nc2ccccc2[nH]1. The molecule has 2 N–H and O–H groups in total. The fraction of sp³-hybridized carbons (Fsp3) is 0.300. The summed E-state index contributed by atoms with van der Waals surface area (Å²) in [6.07, 6.45) is 0. The summed E-state index contributed by atoms with van der Waals surface area (Å²) in [4.78, 5) is 20.7. The lowest BCUT2D eigenvalue weighted by molar-refractivity contribution is 0.0923. The molecule has 2 aromatic carbocycles. The van der Waals surface area contributed by atoms with Crippen molar-refractivity contribution in [3.63, 3.8) is 0 Å². The third kappa shape index (κ3) is 3.93. The Labute approximate surface area is 164 Å². The van der Waals surface area contributed by atoms with Crippen molar-refractivity contribution >= 4 is 27.0 Å². The van der Waals surface area contributed by atoms with Crippen LogP contribution in [-0.2, 0) is 10.0 Å². The standard InChI is InChI=1S/C20H24N4O3S/c1-13(2)18(19-21-16-7-5-6-8-17(16)22-19)23-20(25)14-9-11-15(12-10-14)28(26,27)24(3)4/h5-13,18H,1-4H3,(H,21,22)(H,23,25)/t18-/m0/s1. The molecule has 3 rings (SSSR count). The van der Waals surface area contributed by atoms with Gasteiger partial charge in [-0.05, 0) is 42.3 Å². The summed E-state index contributed by atoms with van der Waals surface area (Å²) in [5.41, 5.74) is 2.14. The Morgan fingerprint density at radius 2 is 1.71 bits per heavy atom. The zero-order valence-electron chi connectivity index (χ0n) is 16.3. The Morgan fingerprint density at radius 3 is 2.29 bits per heavy atom. The molecule has 0 spiro atoms. The molecular weight excluding hydrogens is 376 g/mol. The van der Waals surface area contributed by atoms with E-state index in [9.17, 15) is 13.2 Å². The summed E-state index contributed by atoms with van der Waals surface area (Å²) in [6, 6.07) is 13.3. The van der Waals surface area contributed by atoms with Crippen LogP contribution in [0.15, 0.2) is 53.4 Å². The number of aromatic amines is 1. The van der Waals surface area contributed by atoms with Gasteiger partial charge in [0.15, 0.2) is 0 Å². The number of H-pyrrole nitrogens is 1. The molecule has 0 fully saturated rings. The first-order valence-corrected chi connectivity index (χ1v) is 10.4. The topological polar surface area (TPSA) is 95.2 Å². The highest BCUT2D eigenvalue weighted by Gasteiger charge is 2.23. The van der Waals surface area contributed by atoms with Crippen LogP contribution in [0.25, 0.3) is 11.0 Å². The average Bonchev–Trinajstić information content (AvgIpc) is 3.09. The second-order valence-corrected chi connectivity index (χ2v) is 9.30. The quantitative estimate of drug-likeness (QED) is 0.665. The second kappa shape index (κ2) is 7.73. The summed E-state index contributed by atoms with van der Waals surface area (Å²) in [5, 5.41) is 3.00. The largest absolute Gasteiger partial charge is 0.342 e. The highest BCUT2D eigenvalue weighted by Crippen LogP contribution is 2.23. The lowest BCUT2D eigenvalue weighted by Gasteiger charge is -2.20. The van der Waals surface area contributed by atoms with Gasteiger partial charge in [-0.25, -0.2) is 17.7 Å². The number of rotatable bonds is 6. The van der Waals surface area contributed by atoms with Crippen molar-refractivity contribution in [2.45, 2.75) is 24.8 Å². The Bertz CT molecular complexity index is 1050. The Balaban J connectivity index is 1.83. The van der Waals surface area contributed by atoms with E-state index < -0.39 is 10.0 Å². The van der Waals surface area contributed by atoms with Crippen molar-refractivity contribution in [3.8, 4) is 0 Å². The van der Waals surface area contributed by atoms with Crippen molar-refractivity contribution in [2.75, 3.05) is 14.1 Å². The number of hydrogen-bond acceptors (Lipinski definition) is 4. The van der Waals surface area contributed by atoms with Gasteiger partial charge in [0.2, 0.25) is 10.0 Å². The number of fused-ring (bicyclic) bond motifs is 1. The van der Waals surface area contributed by atoms with Gasteiger partial charge in [0.05, 0.1) is 22.0 Å². The monoisotopic (exact) mass is 400 g/mol. The third-order valence-corrected chi connectivity index (χ3v) is 6.38. The minimum atomic E-state index is -3.53. The van der Waals surface area contributed by atoms with E-state index in [0.717, 1.165) is 15.3 Å². The van der Waals surface area contributed by atoms with Crippen molar-refractivity contribution in [1.29, 1.82) is 0 Å². The average molecular weight is 401 g/mol. The Hall–Kier alpha value is -2.71. The highest BCUT2D eigenvalue weighted by atomic mass is 32.2. The summed E-state index contributed by atoms with van der Waals surface area (Å²) in [5.74, 6) is 0.516. The van der Waals surface area contributed by atoms with Crippen LogP contribution in [0.2, 0.25) is 0 Å². The number of amides is 1. The number of para-hydroxylation sites is 2. The molecule has 0 aliphatic rings. The minimum Gasteiger partial charge on any atom is -0.342 e. The van der Waals surface area contributed by atoms with Crippen LogP contribution in [0.1, 0.15) is 36.1 Å². The maximum atomic E-state index is 12.7. The van der Waals surface area contributed by atoms with Crippen LogP contribution in [0.4, 0.5) is 0 Å². The van der Waals surface area contributed by atoms with Crippen LogP contribution in [-0.4, -0.2) is 42.7 Å².